The molecule has 0 bridgehead atoms. The van der Waals surface area contributed by atoms with Gasteiger partial charge >= 0.3 is 0 Å². The Morgan fingerprint density at radius 3 is 2.18 bits per heavy atom. The molecule has 2 rings (SSSR count). The van der Waals surface area contributed by atoms with E-state index < -0.39 is 0 Å². The lowest BCUT2D eigenvalue weighted by molar-refractivity contribution is 0.274. The fourth-order valence-corrected chi connectivity index (χ4v) is 1.27. The van der Waals surface area contributed by atoms with E-state index in [1.54, 1.807) is 36.4 Å². The Bertz CT molecular complexity index is 423. The summed E-state index contributed by atoms with van der Waals surface area (Å²) in [6.45, 7) is -0.135. The number of rotatable bonds is 4. The van der Waals surface area contributed by atoms with Crippen LogP contribution in [0, 0.1) is 0 Å². The molecule has 0 amide bonds. The van der Waals surface area contributed by atoms with Crippen LogP contribution in [-0.2, 0) is 13.2 Å². The highest BCUT2D eigenvalue weighted by Gasteiger charge is 2.00. The van der Waals surface area contributed by atoms with Crippen LogP contribution in [0.2, 0.25) is 0 Å². The molecule has 0 saturated heterocycles. The lowest BCUT2D eigenvalue weighted by Gasteiger charge is -2.04. The number of ether oxygens (including phenoxy) is 1. The summed E-state index contributed by atoms with van der Waals surface area (Å²) in [5.41, 5.74) is 1.31. The van der Waals surface area contributed by atoms with E-state index >= 15 is 0 Å². The molecule has 0 radical (unpaired) electrons. The van der Waals surface area contributed by atoms with Gasteiger partial charge in [0.15, 0.2) is 0 Å². The minimum absolute atomic E-state index is 0.00524. The molecule has 0 saturated carbocycles. The third kappa shape index (κ3) is 2.99. The van der Waals surface area contributed by atoms with E-state index in [-0.39, 0.29) is 13.2 Å². The van der Waals surface area contributed by atoms with E-state index in [9.17, 15) is 0 Å². The zero-order chi connectivity index (χ0) is 12.1. The van der Waals surface area contributed by atoms with Gasteiger partial charge in [-0.3, -0.25) is 0 Å². The zero-order valence-electron chi connectivity index (χ0n) is 9.08. The average molecular weight is 232 g/mol. The number of aliphatic hydroxyl groups is 2. The Morgan fingerprint density at radius 2 is 1.65 bits per heavy atom. The molecule has 5 heteroatoms. The van der Waals surface area contributed by atoms with Crippen molar-refractivity contribution in [3.63, 3.8) is 0 Å². The van der Waals surface area contributed by atoms with Gasteiger partial charge in [-0.05, 0) is 23.8 Å². The van der Waals surface area contributed by atoms with E-state index in [4.69, 9.17) is 14.9 Å². The van der Waals surface area contributed by atoms with Crippen LogP contribution in [0.25, 0.3) is 0 Å². The van der Waals surface area contributed by atoms with Gasteiger partial charge in [0.25, 0.3) is 0 Å². The quantitative estimate of drug-likeness (QED) is 0.829. The first-order valence-electron chi connectivity index (χ1n) is 5.13. The summed E-state index contributed by atoms with van der Waals surface area (Å²) in [7, 11) is 0. The molecular formula is C12H12N2O3. The summed E-state index contributed by atoms with van der Waals surface area (Å²) in [5.74, 6) is 0.979. The lowest BCUT2D eigenvalue weighted by atomic mass is 10.2. The molecule has 1 aromatic carbocycles. The zero-order valence-corrected chi connectivity index (χ0v) is 9.08. The van der Waals surface area contributed by atoms with Gasteiger partial charge < -0.3 is 14.9 Å². The summed E-state index contributed by atoms with van der Waals surface area (Å²) in [5, 5.41) is 25.3. The second kappa shape index (κ2) is 5.38. The molecule has 1 heterocycles. The molecule has 2 aromatic rings. The summed E-state index contributed by atoms with van der Waals surface area (Å²) >= 11 is 0. The van der Waals surface area contributed by atoms with Gasteiger partial charge in [-0.25, -0.2) is 0 Å². The Kier molecular flexibility index (Phi) is 3.64. The minimum atomic E-state index is -0.140. The standard InChI is InChI=1S/C12H12N2O3/c15-7-9-1-4-11(5-2-9)17-12-6-3-10(8-16)13-14-12/h1-6,15-16H,7-8H2. The minimum Gasteiger partial charge on any atom is -0.438 e. The van der Waals surface area contributed by atoms with E-state index in [0.717, 1.165) is 5.56 Å². The molecule has 0 atom stereocenters. The van der Waals surface area contributed by atoms with Gasteiger partial charge in [-0.15, -0.1) is 10.2 Å². The van der Waals surface area contributed by atoms with Crippen LogP contribution in [-0.4, -0.2) is 20.4 Å². The highest BCUT2D eigenvalue weighted by molar-refractivity contribution is 5.30. The Labute approximate surface area is 98.3 Å². The maximum atomic E-state index is 8.89. The second-order valence-electron chi connectivity index (χ2n) is 3.43. The van der Waals surface area contributed by atoms with Gasteiger partial charge in [0.05, 0.1) is 18.9 Å². The van der Waals surface area contributed by atoms with Gasteiger partial charge in [0, 0.05) is 6.07 Å². The second-order valence-corrected chi connectivity index (χ2v) is 3.43. The molecule has 0 unspecified atom stereocenters. The molecular weight excluding hydrogens is 220 g/mol. The first kappa shape index (κ1) is 11.5. The van der Waals surface area contributed by atoms with Crippen LogP contribution in [0.4, 0.5) is 0 Å². The van der Waals surface area contributed by atoms with E-state index in [1.807, 2.05) is 0 Å². The number of hydrogen-bond donors (Lipinski definition) is 2. The molecule has 0 aliphatic rings. The fourth-order valence-electron chi connectivity index (χ4n) is 1.27. The van der Waals surface area contributed by atoms with E-state index in [1.165, 1.54) is 0 Å². The third-order valence-corrected chi connectivity index (χ3v) is 2.19. The van der Waals surface area contributed by atoms with Gasteiger partial charge in [0.1, 0.15) is 5.75 Å². The van der Waals surface area contributed by atoms with Crippen molar-refractivity contribution in [2.24, 2.45) is 0 Å². The smallest absolute Gasteiger partial charge is 0.238 e. The highest BCUT2D eigenvalue weighted by Crippen LogP contribution is 2.19. The van der Waals surface area contributed by atoms with Gasteiger partial charge in [0.2, 0.25) is 5.88 Å². The summed E-state index contributed by atoms with van der Waals surface area (Å²) in [6, 6.07) is 10.3. The Hall–Kier alpha value is -1.98. The maximum absolute atomic E-state index is 8.89. The highest BCUT2D eigenvalue weighted by atomic mass is 16.5. The third-order valence-electron chi connectivity index (χ3n) is 2.19. The average Bonchev–Trinajstić information content (AvgIpc) is 2.40. The van der Waals surface area contributed by atoms with Crippen LogP contribution >= 0.6 is 0 Å². The largest absolute Gasteiger partial charge is 0.438 e. The van der Waals surface area contributed by atoms with Crippen molar-refractivity contribution in [3.8, 4) is 11.6 Å². The van der Waals surface area contributed by atoms with Crippen LogP contribution < -0.4 is 4.74 Å². The number of benzene rings is 1. The SMILES string of the molecule is OCc1ccc(Oc2ccc(CO)nn2)cc1. The number of nitrogens with zero attached hydrogens (tertiary/aromatic N) is 2. The molecule has 1 aromatic heterocycles. The van der Waals surface area contributed by atoms with Crippen molar-refractivity contribution >= 4 is 0 Å². The van der Waals surface area contributed by atoms with Crippen LogP contribution in [0.15, 0.2) is 36.4 Å². The molecule has 17 heavy (non-hydrogen) atoms. The van der Waals surface area contributed by atoms with Crippen molar-refractivity contribution in [1.82, 2.24) is 10.2 Å². The molecule has 88 valence electrons. The monoisotopic (exact) mass is 232 g/mol. The predicted molar refractivity (Wildman–Crippen MR) is 60.4 cm³/mol. The Balaban J connectivity index is 2.08. The number of aromatic nitrogens is 2. The number of aliphatic hydroxyl groups excluding tert-OH is 2. The molecule has 0 spiro atoms. The molecule has 5 nitrogen and oxygen atoms in total. The molecule has 0 fully saturated rings. The molecule has 0 aliphatic heterocycles. The van der Waals surface area contributed by atoms with E-state index in [2.05, 4.69) is 10.2 Å². The maximum Gasteiger partial charge on any atom is 0.238 e. The summed E-state index contributed by atoms with van der Waals surface area (Å²) in [6.07, 6.45) is 0. The van der Waals surface area contributed by atoms with Crippen molar-refractivity contribution < 1.29 is 14.9 Å². The Morgan fingerprint density at radius 1 is 0.882 bits per heavy atom. The van der Waals surface area contributed by atoms with Crippen molar-refractivity contribution in [2.75, 3.05) is 0 Å². The topological polar surface area (TPSA) is 75.5 Å². The normalized spacial score (nSPS) is 10.2. The fraction of sp³-hybridized carbons (Fsp3) is 0.167. The van der Waals surface area contributed by atoms with E-state index in [0.29, 0.717) is 17.3 Å². The molecule has 2 N–H and O–H groups in total. The van der Waals surface area contributed by atoms with Gasteiger partial charge in [-0.1, -0.05) is 12.1 Å². The van der Waals surface area contributed by atoms with Crippen molar-refractivity contribution in [2.45, 2.75) is 13.2 Å². The predicted octanol–water partition coefficient (Wildman–Crippen LogP) is 1.25. The van der Waals surface area contributed by atoms with Crippen molar-refractivity contribution in [1.29, 1.82) is 0 Å². The first-order chi connectivity index (χ1) is 8.31. The lowest BCUT2D eigenvalue weighted by Crippen LogP contribution is -1.95. The van der Waals surface area contributed by atoms with Crippen LogP contribution in [0.5, 0.6) is 11.6 Å². The summed E-state index contributed by atoms with van der Waals surface area (Å²) in [4.78, 5) is 0. The van der Waals surface area contributed by atoms with Crippen molar-refractivity contribution in [3.05, 3.63) is 47.7 Å². The van der Waals surface area contributed by atoms with Gasteiger partial charge in [-0.2, -0.15) is 0 Å². The first-order valence-corrected chi connectivity index (χ1v) is 5.13. The molecule has 0 aliphatic carbocycles. The summed E-state index contributed by atoms with van der Waals surface area (Å²) < 4.78 is 5.44. The number of hydrogen-bond acceptors (Lipinski definition) is 5. The van der Waals surface area contributed by atoms with Crippen LogP contribution in [0.3, 0.4) is 0 Å². The van der Waals surface area contributed by atoms with Crippen LogP contribution in [0.1, 0.15) is 11.3 Å².